The number of alkyl halides is 3. The number of hydrogen-bond donors (Lipinski definition) is 1. The predicted molar refractivity (Wildman–Crippen MR) is 111 cm³/mol. The SMILES string of the molecule is COc1ccc(C(=O)NC2(C(F)(F)F)N=C(c3ccccc3)N(Cc3ccco3)C2=O)cc1. The second-order valence-corrected chi connectivity index (χ2v) is 7.16. The molecule has 0 radical (unpaired) electrons. The summed E-state index contributed by atoms with van der Waals surface area (Å²) in [4.78, 5) is 30.7. The van der Waals surface area contributed by atoms with Crippen LogP contribution in [-0.2, 0) is 11.3 Å². The van der Waals surface area contributed by atoms with Crippen molar-refractivity contribution in [3.05, 3.63) is 89.9 Å². The summed E-state index contributed by atoms with van der Waals surface area (Å²) in [5.41, 5.74) is -3.31. The standard InChI is InChI=1S/C23H18F3N3O4/c1-32-17-11-9-16(10-12-17)20(30)28-22(23(24,25)26)21(31)29(14-18-8-5-13-33-18)19(27-22)15-6-3-2-4-7-15/h2-13H,14H2,1H3,(H,28,30). The van der Waals surface area contributed by atoms with Gasteiger partial charge in [0.2, 0.25) is 0 Å². The van der Waals surface area contributed by atoms with Gasteiger partial charge in [0.25, 0.3) is 11.8 Å². The van der Waals surface area contributed by atoms with Gasteiger partial charge < -0.3 is 14.5 Å². The Morgan fingerprint density at radius 3 is 2.36 bits per heavy atom. The monoisotopic (exact) mass is 457 g/mol. The Hall–Kier alpha value is -4.08. The quantitative estimate of drug-likeness (QED) is 0.611. The molecule has 10 heteroatoms. The van der Waals surface area contributed by atoms with E-state index in [1.165, 1.54) is 55.8 Å². The first-order valence-electron chi connectivity index (χ1n) is 9.78. The van der Waals surface area contributed by atoms with Gasteiger partial charge in [-0.25, -0.2) is 4.99 Å². The third kappa shape index (κ3) is 4.07. The molecule has 4 rings (SSSR count). The molecule has 0 spiro atoms. The van der Waals surface area contributed by atoms with Crippen LogP contribution in [0.1, 0.15) is 21.7 Å². The molecule has 2 amide bonds. The molecule has 1 N–H and O–H groups in total. The smallest absolute Gasteiger partial charge is 0.442 e. The Kier molecular flexibility index (Phi) is 5.67. The molecule has 0 aliphatic carbocycles. The largest absolute Gasteiger partial charge is 0.497 e. The highest BCUT2D eigenvalue weighted by Gasteiger charge is 2.67. The van der Waals surface area contributed by atoms with Crippen molar-refractivity contribution in [3.63, 3.8) is 0 Å². The molecule has 170 valence electrons. The van der Waals surface area contributed by atoms with E-state index < -0.39 is 23.7 Å². The van der Waals surface area contributed by atoms with E-state index in [1.54, 1.807) is 24.3 Å². The van der Waals surface area contributed by atoms with E-state index in [-0.39, 0.29) is 29.3 Å². The molecule has 2 aromatic carbocycles. The van der Waals surface area contributed by atoms with E-state index in [9.17, 15) is 22.8 Å². The Balaban J connectivity index is 1.77. The molecule has 1 unspecified atom stereocenters. The molecule has 33 heavy (non-hydrogen) atoms. The zero-order chi connectivity index (χ0) is 23.6. The average Bonchev–Trinajstić information content (AvgIpc) is 3.42. The van der Waals surface area contributed by atoms with E-state index in [0.717, 1.165) is 4.90 Å². The van der Waals surface area contributed by atoms with Gasteiger partial charge in [0.1, 0.15) is 17.3 Å². The number of nitrogens with zero attached hydrogens (tertiary/aromatic N) is 2. The van der Waals surface area contributed by atoms with Crippen molar-refractivity contribution >= 4 is 17.6 Å². The van der Waals surface area contributed by atoms with Crippen molar-refractivity contribution in [2.75, 3.05) is 7.11 Å². The van der Waals surface area contributed by atoms with Crippen LogP contribution in [0.5, 0.6) is 5.75 Å². The minimum Gasteiger partial charge on any atom is -0.497 e. The van der Waals surface area contributed by atoms with Gasteiger partial charge in [-0.05, 0) is 36.4 Å². The number of amidine groups is 1. The molecule has 0 fully saturated rings. The molecule has 0 saturated heterocycles. The lowest BCUT2D eigenvalue weighted by molar-refractivity contribution is -0.196. The molecule has 3 aromatic rings. The van der Waals surface area contributed by atoms with Gasteiger partial charge in [-0.15, -0.1) is 0 Å². The summed E-state index contributed by atoms with van der Waals surface area (Å²) in [7, 11) is 1.42. The molecule has 1 aliphatic heterocycles. The average molecular weight is 457 g/mol. The minimum atomic E-state index is -5.22. The van der Waals surface area contributed by atoms with Crippen LogP contribution < -0.4 is 10.1 Å². The van der Waals surface area contributed by atoms with Gasteiger partial charge in [-0.3, -0.25) is 14.5 Å². The van der Waals surface area contributed by atoms with Crippen LogP contribution in [0.2, 0.25) is 0 Å². The Morgan fingerprint density at radius 1 is 1.09 bits per heavy atom. The molecular weight excluding hydrogens is 439 g/mol. The third-order valence-electron chi connectivity index (χ3n) is 5.07. The summed E-state index contributed by atoms with van der Waals surface area (Å²) in [5, 5.41) is 1.83. The summed E-state index contributed by atoms with van der Waals surface area (Å²) in [6, 6.07) is 16.5. The third-order valence-corrected chi connectivity index (χ3v) is 5.07. The van der Waals surface area contributed by atoms with Crippen LogP contribution in [0.3, 0.4) is 0 Å². The van der Waals surface area contributed by atoms with Gasteiger partial charge in [-0.1, -0.05) is 30.3 Å². The van der Waals surface area contributed by atoms with Crippen molar-refractivity contribution in [1.82, 2.24) is 10.2 Å². The summed E-state index contributed by atoms with van der Waals surface area (Å²) < 4.78 is 53.4. The first-order chi connectivity index (χ1) is 15.7. The number of amides is 2. The maximum Gasteiger partial charge on any atom is 0.442 e. The van der Waals surface area contributed by atoms with Gasteiger partial charge in [0.15, 0.2) is 0 Å². The van der Waals surface area contributed by atoms with Crippen LogP contribution >= 0.6 is 0 Å². The number of hydrogen-bond acceptors (Lipinski definition) is 5. The number of furan rings is 1. The minimum absolute atomic E-state index is 0.0897. The number of carbonyl (C=O) groups is 2. The number of halogens is 3. The van der Waals surface area contributed by atoms with E-state index in [2.05, 4.69) is 4.99 Å². The Labute approximate surface area is 186 Å². The fraction of sp³-hybridized carbons (Fsp3) is 0.174. The number of rotatable bonds is 6. The fourth-order valence-electron chi connectivity index (χ4n) is 3.39. The highest BCUT2D eigenvalue weighted by Crippen LogP contribution is 2.39. The van der Waals surface area contributed by atoms with Crippen molar-refractivity contribution in [1.29, 1.82) is 0 Å². The normalized spacial score (nSPS) is 18.2. The second-order valence-electron chi connectivity index (χ2n) is 7.16. The number of nitrogens with one attached hydrogen (secondary N) is 1. The van der Waals surface area contributed by atoms with Gasteiger partial charge in [0, 0.05) is 11.1 Å². The molecule has 2 heterocycles. The highest BCUT2D eigenvalue weighted by atomic mass is 19.4. The summed E-state index contributed by atoms with van der Waals surface area (Å²) in [6.45, 7) is -0.296. The number of benzene rings is 2. The van der Waals surface area contributed by atoms with Crippen molar-refractivity contribution in [3.8, 4) is 5.75 Å². The predicted octanol–water partition coefficient (Wildman–Crippen LogP) is 3.77. The molecule has 0 bridgehead atoms. The van der Waals surface area contributed by atoms with E-state index >= 15 is 0 Å². The number of aliphatic imine (C=N–C) groups is 1. The Bertz CT molecular complexity index is 1180. The fourth-order valence-corrected chi connectivity index (χ4v) is 3.39. The van der Waals surface area contributed by atoms with Crippen molar-refractivity contribution in [2.45, 2.75) is 18.4 Å². The maximum absolute atomic E-state index is 14.4. The summed E-state index contributed by atoms with van der Waals surface area (Å²) >= 11 is 0. The molecule has 0 saturated carbocycles. The summed E-state index contributed by atoms with van der Waals surface area (Å²) in [5.74, 6) is -2.11. The lowest BCUT2D eigenvalue weighted by Crippen LogP contribution is -2.63. The van der Waals surface area contributed by atoms with Gasteiger partial charge in [-0.2, -0.15) is 13.2 Å². The molecule has 7 nitrogen and oxygen atoms in total. The zero-order valence-corrected chi connectivity index (χ0v) is 17.3. The van der Waals surface area contributed by atoms with Crippen molar-refractivity contribution < 1.29 is 31.9 Å². The first kappa shape index (κ1) is 22.1. The molecular formula is C23H18F3N3O4. The zero-order valence-electron chi connectivity index (χ0n) is 17.3. The molecule has 1 atom stereocenters. The van der Waals surface area contributed by atoms with Crippen LogP contribution in [-0.4, -0.2) is 41.5 Å². The lowest BCUT2D eigenvalue weighted by atomic mass is 10.1. The lowest BCUT2D eigenvalue weighted by Gasteiger charge is -2.29. The van der Waals surface area contributed by atoms with Gasteiger partial charge in [0.05, 0.1) is 19.9 Å². The van der Waals surface area contributed by atoms with E-state index in [1.807, 2.05) is 5.32 Å². The second kappa shape index (κ2) is 8.45. The Morgan fingerprint density at radius 2 is 1.79 bits per heavy atom. The van der Waals surface area contributed by atoms with Crippen LogP contribution in [0.4, 0.5) is 13.2 Å². The van der Waals surface area contributed by atoms with E-state index in [4.69, 9.17) is 9.15 Å². The van der Waals surface area contributed by atoms with Gasteiger partial charge >= 0.3 is 11.8 Å². The molecule has 1 aromatic heterocycles. The van der Waals surface area contributed by atoms with E-state index in [0.29, 0.717) is 5.75 Å². The van der Waals surface area contributed by atoms with Crippen molar-refractivity contribution in [2.24, 2.45) is 4.99 Å². The number of methoxy groups -OCH3 is 1. The maximum atomic E-state index is 14.4. The highest BCUT2D eigenvalue weighted by molar-refractivity contribution is 6.16. The van der Waals surface area contributed by atoms with Crippen LogP contribution in [0, 0.1) is 0 Å². The molecule has 1 aliphatic rings. The van der Waals surface area contributed by atoms with Crippen LogP contribution in [0.25, 0.3) is 0 Å². The number of carbonyl (C=O) groups excluding carboxylic acids is 2. The summed E-state index contributed by atoms with van der Waals surface area (Å²) in [6.07, 6.45) is -3.87. The first-order valence-corrected chi connectivity index (χ1v) is 9.78. The topological polar surface area (TPSA) is 84.1 Å². The number of ether oxygens (including phenoxy) is 1. The van der Waals surface area contributed by atoms with Crippen LogP contribution in [0.15, 0.2) is 82.4 Å².